The summed E-state index contributed by atoms with van der Waals surface area (Å²) in [7, 11) is -3.78. The monoisotopic (exact) mass is 455 g/mol. The smallest absolute Gasteiger partial charge is 0.273 e. The molecular formula is C19H25N3O4S3. The third-order valence-corrected chi connectivity index (χ3v) is 8.86. The lowest BCUT2D eigenvalue weighted by Gasteiger charge is -2.33. The van der Waals surface area contributed by atoms with Crippen molar-refractivity contribution in [1.82, 2.24) is 10.9 Å². The Bertz CT molecular complexity index is 1030. The third-order valence-electron chi connectivity index (χ3n) is 5.10. The molecule has 158 valence electrons. The number of carbonyl (C=O) groups excluding carboxylic acids is 2. The van der Waals surface area contributed by atoms with E-state index in [0.29, 0.717) is 15.7 Å². The Hall–Kier alpha value is -1.75. The summed E-state index contributed by atoms with van der Waals surface area (Å²) in [6, 6.07) is 4.82. The van der Waals surface area contributed by atoms with Crippen LogP contribution in [0.4, 0.5) is 0 Å². The van der Waals surface area contributed by atoms with Crippen molar-refractivity contribution in [2.75, 3.05) is 0 Å². The summed E-state index contributed by atoms with van der Waals surface area (Å²) in [6.07, 6.45) is 3.02. The van der Waals surface area contributed by atoms with Crippen LogP contribution in [-0.2, 0) is 34.1 Å². The summed E-state index contributed by atoms with van der Waals surface area (Å²) >= 11 is 2.41. The van der Waals surface area contributed by atoms with Gasteiger partial charge in [-0.05, 0) is 54.4 Å². The van der Waals surface area contributed by atoms with Crippen LogP contribution in [0, 0.1) is 11.3 Å². The first-order valence-electron chi connectivity index (χ1n) is 9.26. The van der Waals surface area contributed by atoms with Crippen molar-refractivity contribution < 1.29 is 18.0 Å². The van der Waals surface area contributed by atoms with Crippen LogP contribution in [0.25, 0.3) is 0 Å². The maximum Gasteiger partial charge on any atom is 0.279 e. The van der Waals surface area contributed by atoms with Crippen LogP contribution < -0.4 is 16.0 Å². The van der Waals surface area contributed by atoms with Crippen molar-refractivity contribution in [2.45, 2.75) is 50.7 Å². The summed E-state index contributed by atoms with van der Waals surface area (Å²) in [5, 5.41) is 5.06. The van der Waals surface area contributed by atoms with Crippen LogP contribution in [0.15, 0.2) is 22.4 Å². The number of amides is 2. The van der Waals surface area contributed by atoms with Gasteiger partial charge < -0.3 is 0 Å². The Morgan fingerprint density at radius 1 is 1.21 bits per heavy atom. The summed E-state index contributed by atoms with van der Waals surface area (Å²) in [5.74, 6) is -0.190. The fourth-order valence-corrected chi connectivity index (χ4v) is 6.25. The highest BCUT2D eigenvalue weighted by atomic mass is 32.2. The molecule has 0 bridgehead atoms. The number of hydrogen-bond acceptors (Lipinski definition) is 6. The Balaban J connectivity index is 1.56. The van der Waals surface area contributed by atoms with Crippen LogP contribution in [0.2, 0.25) is 0 Å². The number of rotatable bonds is 4. The Labute approximate surface area is 178 Å². The minimum Gasteiger partial charge on any atom is -0.273 e. The molecule has 3 rings (SSSR count). The molecule has 0 saturated carbocycles. The summed E-state index contributed by atoms with van der Waals surface area (Å²) in [5.41, 5.74) is 6.29. The molecule has 7 nitrogen and oxygen atoms in total. The highest BCUT2D eigenvalue weighted by Crippen LogP contribution is 2.40. The molecule has 2 aromatic heterocycles. The van der Waals surface area contributed by atoms with Gasteiger partial charge in [-0.3, -0.25) is 20.4 Å². The maximum absolute atomic E-state index is 12.4. The number of fused-ring (bicyclic) bond motifs is 1. The highest BCUT2D eigenvalue weighted by Gasteiger charge is 2.30. The highest BCUT2D eigenvalue weighted by molar-refractivity contribution is 7.91. The molecule has 1 aliphatic rings. The van der Waals surface area contributed by atoms with Gasteiger partial charge in [0.2, 0.25) is 15.9 Å². The molecule has 2 heterocycles. The third kappa shape index (κ3) is 5.44. The van der Waals surface area contributed by atoms with Crippen molar-refractivity contribution in [3.8, 4) is 0 Å². The van der Waals surface area contributed by atoms with E-state index in [0.717, 1.165) is 30.6 Å². The maximum atomic E-state index is 12.4. The van der Waals surface area contributed by atoms with Gasteiger partial charge >= 0.3 is 0 Å². The predicted molar refractivity (Wildman–Crippen MR) is 114 cm³/mol. The number of primary sulfonamides is 1. The van der Waals surface area contributed by atoms with Gasteiger partial charge in [0, 0.05) is 9.75 Å². The molecular weight excluding hydrogens is 430 g/mol. The number of sulfonamides is 1. The van der Waals surface area contributed by atoms with Crippen LogP contribution in [0.5, 0.6) is 0 Å². The predicted octanol–water partition coefficient (Wildman–Crippen LogP) is 2.61. The first kappa shape index (κ1) is 21.9. The molecule has 10 heteroatoms. The van der Waals surface area contributed by atoms with E-state index in [4.69, 9.17) is 5.14 Å². The van der Waals surface area contributed by atoms with E-state index in [-0.39, 0.29) is 22.0 Å². The van der Waals surface area contributed by atoms with E-state index in [1.54, 1.807) is 0 Å². The minimum atomic E-state index is -3.78. The molecule has 1 unspecified atom stereocenters. The average molecular weight is 456 g/mol. The van der Waals surface area contributed by atoms with E-state index < -0.39 is 15.9 Å². The molecule has 0 saturated heterocycles. The van der Waals surface area contributed by atoms with Gasteiger partial charge in [-0.15, -0.1) is 22.7 Å². The van der Waals surface area contributed by atoms with E-state index in [1.165, 1.54) is 33.9 Å². The van der Waals surface area contributed by atoms with Crippen molar-refractivity contribution in [2.24, 2.45) is 16.5 Å². The molecule has 0 fully saturated rings. The molecule has 2 amide bonds. The molecule has 2 aromatic rings. The standard InChI is InChI=1S/C19H25N3O4S3/c1-19(2,3)12-4-6-14-11(8-12)9-15(28-14)18(24)22-21-16(23)10-13-5-7-17(27-13)29(20,25)26/h5,7,9,12H,4,6,8,10H2,1-3H3,(H,21,23)(H,22,24)(H2,20,25,26). The van der Waals surface area contributed by atoms with Crippen molar-refractivity contribution in [3.63, 3.8) is 0 Å². The lowest BCUT2D eigenvalue weighted by molar-refractivity contribution is -0.121. The lowest BCUT2D eigenvalue weighted by atomic mass is 9.72. The van der Waals surface area contributed by atoms with E-state index in [2.05, 4.69) is 31.6 Å². The van der Waals surface area contributed by atoms with Crippen LogP contribution in [-0.4, -0.2) is 20.2 Å². The number of aryl methyl sites for hydroxylation is 1. The number of thiophene rings is 2. The quantitative estimate of drug-likeness (QED) is 0.614. The second-order valence-electron chi connectivity index (χ2n) is 8.31. The second kappa shape index (κ2) is 8.17. The summed E-state index contributed by atoms with van der Waals surface area (Å²) in [6.45, 7) is 6.74. The van der Waals surface area contributed by atoms with Crippen molar-refractivity contribution in [1.29, 1.82) is 0 Å². The largest absolute Gasteiger partial charge is 0.279 e. The molecule has 0 aliphatic heterocycles. The minimum absolute atomic E-state index is 0.00191. The van der Waals surface area contributed by atoms with E-state index in [9.17, 15) is 18.0 Å². The van der Waals surface area contributed by atoms with Gasteiger partial charge in [-0.25, -0.2) is 13.6 Å². The first-order chi connectivity index (χ1) is 13.4. The molecule has 0 spiro atoms. The fraction of sp³-hybridized carbons (Fsp3) is 0.474. The molecule has 4 N–H and O–H groups in total. The zero-order valence-electron chi connectivity index (χ0n) is 16.6. The van der Waals surface area contributed by atoms with Crippen LogP contribution in [0.3, 0.4) is 0 Å². The zero-order chi connectivity index (χ0) is 21.4. The normalized spacial score (nSPS) is 16.9. The van der Waals surface area contributed by atoms with Gasteiger partial charge in [0.1, 0.15) is 4.21 Å². The summed E-state index contributed by atoms with van der Waals surface area (Å²) < 4.78 is 22.6. The molecule has 1 atom stereocenters. The number of hydrazine groups is 1. The Morgan fingerprint density at radius 3 is 2.55 bits per heavy atom. The van der Waals surface area contributed by atoms with Crippen molar-refractivity contribution >= 4 is 44.5 Å². The van der Waals surface area contributed by atoms with E-state index >= 15 is 0 Å². The molecule has 29 heavy (non-hydrogen) atoms. The van der Waals surface area contributed by atoms with Crippen LogP contribution >= 0.6 is 22.7 Å². The average Bonchev–Trinajstić information content (AvgIpc) is 3.24. The number of hydrogen-bond donors (Lipinski definition) is 3. The van der Waals surface area contributed by atoms with Crippen molar-refractivity contribution in [3.05, 3.63) is 38.4 Å². The Morgan fingerprint density at radius 2 is 1.93 bits per heavy atom. The fourth-order valence-electron chi connectivity index (χ4n) is 3.37. The zero-order valence-corrected chi connectivity index (χ0v) is 19.0. The van der Waals surface area contributed by atoms with Gasteiger partial charge in [-0.1, -0.05) is 20.8 Å². The molecule has 0 aromatic carbocycles. The van der Waals surface area contributed by atoms with Gasteiger partial charge in [0.15, 0.2) is 0 Å². The lowest BCUT2D eigenvalue weighted by Crippen LogP contribution is -2.42. The number of nitrogens with two attached hydrogens (primary N) is 1. The first-order valence-corrected chi connectivity index (χ1v) is 12.4. The van der Waals surface area contributed by atoms with Gasteiger partial charge in [0.25, 0.3) is 5.91 Å². The topological polar surface area (TPSA) is 118 Å². The summed E-state index contributed by atoms with van der Waals surface area (Å²) in [4.78, 5) is 26.9. The second-order valence-corrected chi connectivity index (χ2v) is 12.4. The van der Waals surface area contributed by atoms with Gasteiger partial charge in [-0.2, -0.15) is 0 Å². The SMILES string of the molecule is CC(C)(C)C1CCc2sc(C(=O)NNC(=O)Cc3ccc(S(N)(=O)=O)s3)cc2C1. The van der Waals surface area contributed by atoms with E-state index in [1.807, 2.05) is 6.07 Å². The van der Waals surface area contributed by atoms with Crippen LogP contribution in [0.1, 0.15) is 52.2 Å². The molecule has 0 radical (unpaired) electrons. The van der Waals surface area contributed by atoms with Gasteiger partial charge in [0.05, 0.1) is 11.3 Å². The number of nitrogens with one attached hydrogen (secondary N) is 2. The molecule has 1 aliphatic carbocycles. The Kier molecular flexibility index (Phi) is 6.19. The number of carbonyl (C=O) groups is 2.